The van der Waals surface area contributed by atoms with Gasteiger partial charge in [-0.3, -0.25) is 0 Å². The number of rotatable bonds is 8. The highest BCUT2D eigenvalue weighted by Gasteiger charge is 1.98. The van der Waals surface area contributed by atoms with Gasteiger partial charge in [-0.2, -0.15) is 0 Å². The number of carbonyl (C=O) groups is 1. The topological polar surface area (TPSA) is 38.3 Å². The van der Waals surface area contributed by atoms with E-state index < -0.39 is 0 Å². The quantitative estimate of drug-likeness (QED) is 0.495. The molecule has 0 saturated carbocycles. The van der Waals surface area contributed by atoms with Crippen LogP contribution in [0.2, 0.25) is 0 Å². The Bertz CT molecular complexity index is 196. The van der Waals surface area contributed by atoms with Crippen molar-refractivity contribution in [3.63, 3.8) is 0 Å². The van der Waals surface area contributed by atoms with Crippen LogP contribution in [-0.2, 0) is 4.74 Å². The average Bonchev–Trinajstić information content (AvgIpc) is 2.23. The van der Waals surface area contributed by atoms with Gasteiger partial charge in [0.05, 0.1) is 0 Å². The Morgan fingerprint density at radius 1 is 1.33 bits per heavy atom. The molecule has 0 aliphatic heterocycles. The van der Waals surface area contributed by atoms with Crippen molar-refractivity contribution in [2.45, 2.75) is 45.4 Å². The molecule has 0 unspecified atom stereocenters. The summed E-state index contributed by atoms with van der Waals surface area (Å²) in [7, 11) is 0. The lowest BCUT2D eigenvalue weighted by atomic mass is 10.1. The zero-order chi connectivity index (χ0) is 11.4. The third-order valence-corrected chi connectivity index (χ3v) is 2.03. The van der Waals surface area contributed by atoms with Crippen molar-refractivity contribution in [1.82, 2.24) is 5.32 Å². The fourth-order valence-electron chi connectivity index (χ4n) is 1.17. The monoisotopic (exact) mass is 211 g/mol. The summed E-state index contributed by atoms with van der Waals surface area (Å²) in [4.78, 5) is 11.0. The van der Waals surface area contributed by atoms with Crippen LogP contribution in [0.15, 0.2) is 0 Å². The summed E-state index contributed by atoms with van der Waals surface area (Å²) in [6, 6.07) is 0. The van der Waals surface area contributed by atoms with E-state index >= 15 is 0 Å². The van der Waals surface area contributed by atoms with Crippen LogP contribution in [0.1, 0.15) is 45.4 Å². The molecule has 1 amide bonds. The largest absolute Gasteiger partial charge is 0.449 e. The van der Waals surface area contributed by atoms with Crippen molar-refractivity contribution in [3.8, 4) is 12.3 Å². The number of nitrogens with one attached hydrogen (secondary N) is 1. The van der Waals surface area contributed by atoms with Gasteiger partial charge in [-0.15, -0.1) is 12.3 Å². The van der Waals surface area contributed by atoms with Gasteiger partial charge in [-0.25, -0.2) is 4.79 Å². The number of carbonyl (C=O) groups excluding carboxylic acids is 1. The second-order valence-corrected chi connectivity index (χ2v) is 3.43. The summed E-state index contributed by atoms with van der Waals surface area (Å²) >= 11 is 0. The second kappa shape index (κ2) is 10.9. The fourth-order valence-corrected chi connectivity index (χ4v) is 1.17. The first-order chi connectivity index (χ1) is 7.31. The van der Waals surface area contributed by atoms with Gasteiger partial charge in [0.2, 0.25) is 0 Å². The lowest BCUT2D eigenvalue weighted by Crippen LogP contribution is -2.25. The smallest absolute Gasteiger partial charge is 0.407 e. The van der Waals surface area contributed by atoms with Gasteiger partial charge in [0.1, 0.15) is 6.61 Å². The van der Waals surface area contributed by atoms with E-state index in [9.17, 15) is 4.79 Å². The van der Waals surface area contributed by atoms with E-state index in [1.807, 2.05) is 0 Å². The zero-order valence-corrected chi connectivity index (χ0v) is 9.55. The van der Waals surface area contributed by atoms with Crippen molar-refractivity contribution in [1.29, 1.82) is 0 Å². The van der Waals surface area contributed by atoms with Gasteiger partial charge in [0.25, 0.3) is 0 Å². The molecule has 1 N–H and O–H groups in total. The molecule has 0 rings (SSSR count). The first kappa shape index (κ1) is 13.8. The predicted octanol–water partition coefficient (Wildman–Crippen LogP) is 2.71. The van der Waals surface area contributed by atoms with Crippen molar-refractivity contribution >= 4 is 6.09 Å². The highest BCUT2D eigenvalue weighted by atomic mass is 16.5. The lowest BCUT2D eigenvalue weighted by Gasteiger charge is -2.05. The summed E-state index contributed by atoms with van der Waals surface area (Å²) < 4.78 is 4.82. The molecule has 0 spiro atoms. The molecular weight excluding hydrogens is 190 g/mol. The van der Waals surface area contributed by atoms with Crippen molar-refractivity contribution < 1.29 is 9.53 Å². The highest BCUT2D eigenvalue weighted by Crippen LogP contribution is 2.01. The van der Waals surface area contributed by atoms with E-state index in [2.05, 4.69) is 18.2 Å². The fraction of sp³-hybridized carbons (Fsp3) is 0.750. The lowest BCUT2D eigenvalue weighted by molar-refractivity contribution is 0.148. The molecule has 15 heavy (non-hydrogen) atoms. The minimum Gasteiger partial charge on any atom is -0.449 e. The molecule has 86 valence electrons. The van der Waals surface area contributed by atoms with E-state index in [1.165, 1.54) is 25.7 Å². The van der Waals surface area contributed by atoms with Gasteiger partial charge < -0.3 is 10.1 Å². The van der Waals surface area contributed by atoms with Crippen LogP contribution in [0.3, 0.4) is 0 Å². The van der Waals surface area contributed by atoms with Crippen LogP contribution < -0.4 is 5.32 Å². The number of hydrogen-bond donors (Lipinski definition) is 1. The van der Waals surface area contributed by atoms with Crippen molar-refractivity contribution in [2.24, 2.45) is 0 Å². The minimum atomic E-state index is -0.360. The Morgan fingerprint density at radius 2 is 2.07 bits per heavy atom. The SMILES string of the molecule is C#CCCOC(=O)NCCCCCCC. The maximum Gasteiger partial charge on any atom is 0.407 e. The molecule has 3 nitrogen and oxygen atoms in total. The molecule has 0 atom stereocenters. The van der Waals surface area contributed by atoms with Crippen molar-refractivity contribution in [2.75, 3.05) is 13.2 Å². The molecule has 0 saturated heterocycles. The number of terminal acetylenes is 1. The van der Waals surface area contributed by atoms with E-state index in [-0.39, 0.29) is 6.09 Å². The van der Waals surface area contributed by atoms with Crippen LogP contribution in [0, 0.1) is 12.3 Å². The summed E-state index contributed by atoms with van der Waals surface area (Å²) in [5, 5.41) is 2.69. The number of unbranched alkanes of at least 4 members (excludes halogenated alkanes) is 4. The molecule has 0 heterocycles. The summed E-state index contributed by atoms with van der Waals surface area (Å²) in [6.45, 7) is 3.18. The normalized spacial score (nSPS) is 9.33. The second-order valence-electron chi connectivity index (χ2n) is 3.43. The Hall–Kier alpha value is -1.17. The maximum absolute atomic E-state index is 11.0. The third-order valence-electron chi connectivity index (χ3n) is 2.03. The first-order valence-electron chi connectivity index (χ1n) is 5.65. The predicted molar refractivity (Wildman–Crippen MR) is 61.6 cm³/mol. The van der Waals surface area contributed by atoms with Crippen LogP contribution in [0.4, 0.5) is 4.79 Å². The average molecular weight is 211 g/mol. The first-order valence-corrected chi connectivity index (χ1v) is 5.65. The number of hydrogen-bond acceptors (Lipinski definition) is 2. The number of ether oxygens (including phenoxy) is 1. The maximum atomic E-state index is 11.0. The van der Waals surface area contributed by atoms with Gasteiger partial charge in [-0.1, -0.05) is 32.6 Å². The standard InChI is InChI=1S/C12H21NO2/c1-3-5-7-8-9-10-13-12(14)15-11-6-4-2/h2H,3,5-11H2,1H3,(H,13,14). The molecule has 0 bridgehead atoms. The summed E-state index contributed by atoms with van der Waals surface area (Å²) in [6.07, 6.45) is 11.1. The number of alkyl carbamates (subject to hydrolysis) is 1. The zero-order valence-electron chi connectivity index (χ0n) is 9.55. The van der Waals surface area contributed by atoms with Crippen LogP contribution in [0.25, 0.3) is 0 Å². The highest BCUT2D eigenvalue weighted by molar-refractivity contribution is 5.66. The van der Waals surface area contributed by atoms with Gasteiger partial charge in [0.15, 0.2) is 0 Å². The molecule has 0 radical (unpaired) electrons. The molecule has 0 aliphatic rings. The molecule has 0 aromatic carbocycles. The third kappa shape index (κ3) is 10.8. The van der Waals surface area contributed by atoms with E-state index in [1.54, 1.807) is 0 Å². The van der Waals surface area contributed by atoms with Crippen LogP contribution in [-0.4, -0.2) is 19.2 Å². The Kier molecular flexibility index (Phi) is 10.1. The van der Waals surface area contributed by atoms with E-state index in [4.69, 9.17) is 11.2 Å². The Morgan fingerprint density at radius 3 is 2.73 bits per heavy atom. The Balaban J connectivity index is 3.14. The van der Waals surface area contributed by atoms with E-state index in [0.717, 1.165) is 6.42 Å². The van der Waals surface area contributed by atoms with Gasteiger partial charge in [0, 0.05) is 13.0 Å². The number of amides is 1. The van der Waals surface area contributed by atoms with E-state index in [0.29, 0.717) is 19.6 Å². The van der Waals surface area contributed by atoms with Gasteiger partial charge >= 0.3 is 6.09 Å². The molecule has 0 fully saturated rings. The minimum absolute atomic E-state index is 0.304. The molecule has 3 heteroatoms. The molecule has 0 aromatic rings. The van der Waals surface area contributed by atoms with Crippen LogP contribution >= 0.6 is 0 Å². The van der Waals surface area contributed by atoms with Gasteiger partial charge in [-0.05, 0) is 6.42 Å². The molecule has 0 aromatic heterocycles. The Labute approximate surface area is 92.6 Å². The molecule has 0 aliphatic carbocycles. The van der Waals surface area contributed by atoms with Crippen molar-refractivity contribution in [3.05, 3.63) is 0 Å². The summed E-state index contributed by atoms with van der Waals surface area (Å²) in [5.74, 6) is 2.41. The van der Waals surface area contributed by atoms with Crippen LogP contribution in [0.5, 0.6) is 0 Å². The summed E-state index contributed by atoms with van der Waals surface area (Å²) in [5.41, 5.74) is 0. The molecular formula is C12H21NO2.